The molecule has 4 nitrogen and oxygen atoms in total. The summed E-state index contributed by atoms with van der Waals surface area (Å²) in [5.74, 6) is -0.570. The molecule has 0 N–H and O–H groups in total. The highest BCUT2D eigenvalue weighted by Gasteiger charge is 2.37. The summed E-state index contributed by atoms with van der Waals surface area (Å²) in [5, 5.41) is 0. The molecule has 1 aliphatic carbocycles. The summed E-state index contributed by atoms with van der Waals surface area (Å²) >= 11 is 0. The Labute approximate surface area is 124 Å². The van der Waals surface area contributed by atoms with Crippen molar-refractivity contribution in [2.45, 2.75) is 38.3 Å². The first-order valence-corrected chi connectivity index (χ1v) is 7.66. The number of carbonyl (C=O) groups excluding carboxylic acids is 1. The highest BCUT2D eigenvalue weighted by molar-refractivity contribution is 5.95. The molecule has 0 aromatic carbocycles. The monoisotopic (exact) mass is 292 g/mol. The van der Waals surface area contributed by atoms with Crippen molar-refractivity contribution in [3.63, 3.8) is 0 Å². The lowest BCUT2D eigenvalue weighted by Crippen LogP contribution is -2.50. The van der Waals surface area contributed by atoms with Crippen LogP contribution in [-0.4, -0.2) is 47.5 Å². The smallest absolute Gasteiger partial charge is 0.185 e. The number of pyridine rings is 1. The average Bonchev–Trinajstić information content (AvgIpc) is 2.97. The van der Waals surface area contributed by atoms with Gasteiger partial charge in [0.1, 0.15) is 11.5 Å². The third-order valence-corrected chi connectivity index (χ3v) is 4.53. The largest absolute Gasteiger partial charge is 0.375 e. The number of morpholine rings is 1. The van der Waals surface area contributed by atoms with Crippen molar-refractivity contribution < 1.29 is 13.9 Å². The number of carbonyl (C=O) groups is 1. The van der Waals surface area contributed by atoms with Gasteiger partial charge in [0, 0.05) is 25.0 Å². The van der Waals surface area contributed by atoms with Crippen LogP contribution in [0.3, 0.4) is 0 Å². The van der Waals surface area contributed by atoms with Gasteiger partial charge in [0.2, 0.25) is 0 Å². The van der Waals surface area contributed by atoms with Gasteiger partial charge in [-0.05, 0) is 31.4 Å². The minimum atomic E-state index is -0.416. The van der Waals surface area contributed by atoms with Gasteiger partial charge in [-0.1, -0.05) is 6.92 Å². The van der Waals surface area contributed by atoms with E-state index in [1.54, 1.807) is 0 Å². The third kappa shape index (κ3) is 3.14. The zero-order valence-corrected chi connectivity index (χ0v) is 12.3. The first kappa shape index (κ1) is 14.6. The first-order valence-electron chi connectivity index (χ1n) is 7.66. The Hall–Kier alpha value is -1.33. The fraction of sp³-hybridized carbons (Fsp3) is 0.625. The number of fused-ring (bicyclic) bond motifs is 1. The second kappa shape index (κ2) is 6.20. The Morgan fingerprint density at radius 1 is 1.52 bits per heavy atom. The van der Waals surface area contributed by atoms with Crippen LogP contribution in [0.4, 0.5) is 4.39 Å². The van der Waals surface area contributed by atoms with Crippen molar-refractivity contribution >= 4 is 5.78 Å². The number of ether oxygens (including phenoxy) is 1. The summed E-state index contributed by atoms with van der Waals surface area (Å²) in [7, 11) is 0. The van der Waals surface area contributed by atoms with Gasteiger partial charge >= 0.3 is 0 Å². The summed E-state index contributed by atoms with van der Waals surface area (Å²) in [4.78, 5) is 18.7. The maximum Gasteiger partial charge on any atom is 0.185 e. The molecule has 1 saturated heterocycles. The Morgan fingerprint density at radius 3 is 3.14 bits per heavy atom. The molecule has 2 aliphatic rings. The van der Waals surface area contributed by atoms with E-state index in [2.05, 4.69) is 9.88 Å². The Morgan fingerprint density at radius 2 is 2.38 bits per heavy atom. The maximum absolute atomic E-state index is 12.9. The molecule has 0 spiro atoms. The average molecular weight is 292 g/mol. The molecule has 1 aromatic rings. The van der Waals surface area contributed by atoms with Gasteiger partial charge < -0.3 is 4.74 Å². The van der Waals surface area contributed by atoms with E-state index in [-0.39, 0.29) is 11.7 Å². The van der Waals surface area contributed by atoms with E-state index in [4.69, 9.17) is 4.74 Å². The number of nitrogens with zero attached hydrogens (tertiary/aromatic N) is 2. The van der Waals surface area contributed by atoms with Crippen molar-refractivity contribution in [1.29, 1.82) is 0 Å². The molecule has 3 atom stereocenters. The van der Waals surface area contributed by atoms with Crippen LogP contribution < -0.4 is 0 Å². The van der Waals surface area contributed by atoms with Crippen LogP contribution >= 0.6 is 0 Å². The summed E-state index contributed by atoms with van der Waals surface area (Å²) in [5.41, 5.74) is 0.347. The lowest BCUT2D eigenvalue weighted by molar-refractivity contribution is -0.0583. The summed E-state index contributed by atoms with van der Waals surface area (Å²) in [6.45, 7) is 4.28. The molecule has 0 bridgehead atoms. The second-order valence-corrected chi connectivity index (χ2v) is 6.03. The van der Waals surface area contributed by atoms with Crippen molar-refractivity contribution in [3.8, 4) is 0 Å². The standard InChI is InChI=1S/C16H21FN2O2/c1-11(16(20)13-6-5-12(17)9-18-13)10-19-7-8-21-15-4-2-3-14(15)19/h5-6,9,11,14-15H,2-4,7-8,10H2,1H3. The summed E-state index contributed by atoms with van der Waals surface area (Å²) < 4.78 is 18.7. The molecule has 1 saturated carbocycles. The van der Waals surface area contributed by atoms with Gasteiger partial charge in [-0.15, -0.1) is 0 Å². The second-order valence-electron chi connectivity index (χ2n) is 6.03. The zero-order chi connectivity index (χ0) is 14.8. The Kier molecular flexibility index (Phi) is 4.31. The van der Waals surface area contributed by atoms with E-state index in [9.17, 15) is 9.18 Å². The lowest BCUT2D eigenvalue weighted by Gasteiger charge is -2.38. The van der Waals surface area contributed by atoms with E-state index in [1.807, 2.05) is 6.92 Å². The third-order valence-electron chi connectivity index (χ3n) is 4.53. The van der Waals surface area contributed by atoms with E-state index >= 15 is 0 Å². The molecular formula is C16H21FN2O2. The molecule has 1 aromatic heterocycles. The van der Waals surface area contributed by atoms with E-state index in [0.717, 1.165) is 38.7 Å². The van der Waals surface area contributed by atoms with Gasteiger partial charge in [-0.25, -0.2) is 4.39 Å². The molecule has 3 unspecified atom stereocenters. The number of ketones is 1. The maximum atomic E-state index is 12.9. The van der Waals surface area contributed by atoms with Gasteiger partial charge in [-0.3, -0.25) is 14.7 Å². The highest BCUT2D eigenvalue weighted by Crippen LogP contribution is 2.30. The van der Waals surface area contributed by atoms with Gasteiger partial charge in [-0.2, -0.15) is 0 Å². The molecule has 2 heterocycles. The molecule has 2 fully saturated rings. The molecule has 5 heteroatoms. The van der Waals surface area contributed by atoms with E-state index < -0.39 is 5.82 Å². The minimum absolute atomic E-state index is 0.0176. The zero-order valence-electron chi connectivity index (χ0n) is 12.3. The molecule has 114 valence electrons. The molecule has 1 aliphatic heterocycles. The Balaban J connectivity index is 1.63. The van der Waals surface area contributed by atoms with Crippen LogP contribution in [0.25, 0.3) is 0 Å². The minimum Gasteiger partial charge on any atom is -0.375 e. The normalized spacial score (nSPS) is 27.3. The number of rotatable bonds is 4. The summed E-state index contributed by atoms with van der Waals surface area (Å²) in [6, 6.07) is 3.20. The van der Waals surface area contributed by atoms with Crippen LogP contribution in [0.2, 0.25) is 0 Å². The summed E-state index contributed by atoms with van der Waals surface area (Å²) in [6.07, 6.45) is 4.92. The van der Waals surface area contributed by atoms with Crippen molar-refractivity contribution in [1.82, 2.24) is 9.88 Å². The number of hydrogen-bond donors (Lipinski definition) is 0. The quantitative estimate of drug-likeness (QED) is 0.799. The fourth-order valence-corrected chi connectivity index (χ4v) is 3.44. The van der Waals surface area contributed by atoms with E-state index in [0.29, 0.717) is 17.8 Å². The highest BCUT2D eigenvalue weighted by atomic mass is 19.1. The predicted octanol–water partition coefficient (Wildman–Crippen LogP) is 2.29. The number of hydrogen-bond acceptors (Lipinski definition) is 4. The molecule has 21 heavy (non-hydrogen) atoms. The lowest BCUT2D eigenvalue weighted by atomic mass is 10.0. The first-order chi connectivity index (χ1) is 10.1. The van der Waals surface area contributed by atoms with Crippen LogP contribution in [0.15, 0.2) is 18.3 Å². The number of Topliss-reactive ketones (excluding diaryl/α,β-unsaturated/α-hetero) is 1. The van der Waals surface area contributed by atoms with Gasteiger partial charge in [0.15, 0.2) is 5.78 Å². The van der Waals surface area contributed by atoms with Crippen LogP contribution in [0.5, 0.6) is 0 Å². The Bertz CT molecular complexity index is 506. The fourth-order valence-electron chi connectivity index (χ4n) is 3.44. The molecular weight excluding hydrogens is 271 g/mol. The van der Waals surface area contributed by atoms with Gasteiger partial charge in [0.25, 0.3) is 0 Å². The van der Waals surface area contributed by atoms with Crippen molar-refractivity contribution in [2.75, 3.05) is 19.7 Å². The number of aromatic nitrogens is 1. The van der Waals surface area contributed by atoms with E-state index in [1.165, 1.54) is 18.6 Å². The topological polar surface area (TPSA) is 42.4 Å². The van der Waals surface area contributed by atoms with Gasteiger partial charge in [0.05, 0.1) is 18.9 Å². The molecule has 3 rings (SSSR count). The number of halogens is 1. The predicted molar refractivity (Wildman–Crippen MR) is 76.6 cm³/mol. The molecule has 0 radical (unpaired) electrons. The van der Waals surface area contributed by atoms with Crippen molar-refractivity contribution in [3.05, 3.63) is 29.8 Å². The SMILES string of the molecule is CC(CN1CCOC2CCCC21)C(=O)c1ccc(F)cn1. The molecule has 0 amide bonds. The van der Waals surface area contributed by atoms with Crippen LogP contribution in [-0.2, 0) is 4.74 Å². The van der Waals surface area contributed by atoms with Crippen LogP contribution in [0, 0.1) is 11.7 Å². The van der Waals surface area contributed by atoms with Crippen LogP contribution in [0.1, 0.15) is 36.7 Å². The van der Waals surface area contributed by atoms with Crippen molar-refractivity contribution in [2.24, 2.45) is 5.92 Å².